The molecular formula is C9H19BrO. The second kappa shape index (κ2) is 8.54. The van der Waals surface area contributed by atoms with E-state index < -0.39 is 0 Å². The summed E-state index contributed by atoms with van der Waals surface area (Å²) in [6.07, 6.45) is 4.98. The van der Waals surface area contributed by atoms with Crippen molar-refractivity contribution in [3.05, 3.63) is 0 Å². The first-order chi connectivity index (χ1) is 5.31. The van der Waals surface area contributed by atoms with Crippen LogP contribution >= 0.6 is 15.9 Å². The molecule has 0 aromatic carbocycles. The molecule has 1 nitrogen and oxygen atoms in total. The van der Waals surface area contributed by atoms with E-state index in [0.29, 0.717) is 4.83 Å². The molecule has 0 aliphatic heterocycles. The van der Waals surface area contributed by atoms with Crippen LogP contribution in [-0.2, 0) is 4.74 Å². The van der Waals surface area contributed by atoms with Gasteiger partial charge in [-0.05, 0) is 26.2 Å². The van der Waals surface area contributed by atoms with Gasteiger partial charge < -0.3 is 4.74 Å². The molecule has 2 heteroatoms. The molecule has 68 valence electrons. The van der Waals surface area contributed by atoms with Crippen LogP contribution in [0, 0.1) is 0 Å². The summed E-state index contributed by atoms with van der Waals surface area (Å²) in [4.78, 5) is 0.702. The predicted octanol–water partition coefficient (Wildman–Crippen LogP) is 3.37. The van der Waals surface area contributed by atoms with E-state index in [-0.39, 0.29) is 0 Å². The third-order valence-electron chi connectivity index (χ3n) is 1.61. The summed E-state index contributed by atoms with van der Waals surface area (Å²) in [5.41, 5.74) is 0. The fourth-order valence-electron chi connectivity index (χ4n) is 1.01. The molecule has 0 saturated heterocycles. The summed E-state index contributed by atoms with van der Waals surface area (Å²) in [5, 5.41) is 0. The molecule has 0 rings (SSSR count). The summed E-state index contributed by atoms with van der Waals surface area (Å²) >= 11 is 3.63. The lowest BCUT2D eigenvalue weighted by Crippen LogP contribution is -2.00. The maximum absolute atomic E-state index is 5.24. The smallest absolute Gasteiger partial charge is 0.0466 e. The summed E-state index contributed by atoms with van der Waals surface area (Å²) in [6, 6.07) is 0. The SMILES string of the molecule is CCCC(Br)CCCOCC. The van der Waals surface area contributed by atoms with Crippen LogP contribution in [-0.4, -0.2) is 18.0 Å². The Morgan fingerprint density at radius 2 is 2.00 bits per heavy atom. The highest BCUT2D eigenvalue weighted by Crippen LogP contribution is 2.13. The minimum Gasteiger partial charge on any atom is -0.382 e. The van der Waals surface area contributed by atoms with Crippen LogP contribution < -0.4 is 0 Å². The van der Waals surface area contributed by atoms with Gasteiger partial charge in [-0.3, -0.25) is 0 Å². The molecule has 0 aromatic heterocycles. The number of halogens is 1. The van der Waals surface area contributed by atoms with Crippen molar-refractivity contribution in [3.63, 3.8) is 0 Å². The minimum atomic E-state index is 0.702. The molecule has 0 saturated carbocycles. The standard InChI is InChI=1S/C9H19BrO/c1-3-6-9(10)7-5-8-11-4-2/h9H,3-8H2,1-2H3. The molecule has 0 N–H and O–H groups in total. The molecule has 0 aliphatic rings. The van der Waals surface area contributed by atoms with Crippen LogP contribution in [0.3, 0.4) is 0 Å². The normalized spacial score (nSPS) is 13.4. The second-order valence-electron chi connectivity index (χ2n) is 2.73. The third kappa shape index (κ3) is 8.35. The Hall–Kier alpha value is 0.440. The van der Waals surface area contributed by atoms with E-state index in [0.717, 1.165) is 13.2 Å². The number of hydrogen-bond acceptors (Lipinski definition) is 1. The third-order valence-corrected chi connectivity index (χ3v) is 2.53. The van der Waals surface area contributed by atoms with Crippen molar-refractivity contribution in [2.45, 2.75) is 44.4 Å². The van der Waals surface area contributed by atoms with Crippen LogP contribution in [0.1, 0.15) is 39.5 Å². The lowest BCUT2D eigenvalue weighted by atomic mass is 10.2. The molecule has 0 fully saturated rings. The van der Waals surface area contributed by atoms with Crippen LogP contribution in [0.5, 0.6) is 0 Å². The van der Waals surface area contributed by atoms with Crippen LogP contribution in [0.25, 0.3) is 0 Å². The van der Waals surface area contributed by atoms with Gasteiger partial charge in [-0.1, -0.05) is 29.3 Å². The van der Waals surface area contributed by atoms with Gasteiger partial charge in [-0.15, -0.1) is 0 Å². The predicted molar refractivity (Wildman–Crippen MR) is 53.4 cm³/mol. The van der Waals surface area contributed by atoms with E-state index in [1.807, 2.05) is 6.92 Å². The van der Waals surface area contributed by atoms with E-state index in [1.165, 1.54) is 25.7 Å². The average molecular weight is 223 g/mol. The van der Waals surface area contributed by atoms with E-state index >= 15 is 0 Å². The molecule has 0 heterocycles. The first-order valence-electron chi connectivity index (χ1n) is 4.53. The number of hydrogen-bond donors (Lipinski definition) is 0. The summed E-state index contributed by atoms with van der Waals surface area (Å²) in [6.45, 7) is 6.03. The summed E-state index contributed by atoms with van der Waals surface area (Å²) in [5.74, 6) is 0. The summed E-state index contributed by atoms with van der Waals surface area (Å²) < 4.78 is 5.24. The van der Waals surface area contributed by atoms with Gasteiger partial charge in [0.1, 0.15) is 0 Å². The molecule has 1 unspecified atom stereocenters. The topological polar surface area (TPSA) is 9.23 Å². The van der Waals surface area contributed by atoms with Crippen LogP contribution in [0.2, 0.25) is 0 Å². The molecule has 0 bridgehead atoms. The van der Waals surface area contributed by atoms with Crippen LogP contribution in [0.4, 0.5) is 0 Å². The zero-order chi connectivity index (χ0) is 8.53. The van der Waals surface area contributed by atoms with E-state index in [2.05, 4.69) is 22.9 Å². The Morgan fingerprint density at radius 1 is 1.27 bits per heavy atom. The Bertz CT molecular complexity index is 76.0. The van der Waals surface area contributed by atoms with Gasteiger partial charge in [0.15, 0.2) is 0 Å². The van der Waals surface area contributed by atoms with Crippen molar-refractivity contribution < 1.29 is 4.74 Å². The lowest BCUT2D eigenvalue weighted by Gasteiger charge is -2.07. The largest absolute Gasteiger partial charge is 0.382 e. The Labute approximate surface area is 78.6 Å². The maximum Gasteiger partial charge on any atom is 0.0466 e. The minimum absolute atomic E-state index is 0.702. The number of rotatable bonds is 7. The van der Waals surface area contributed by atoms with Gasteiger partial charge in [0, 0.05) is 18.0 Å². The highest BCUT2D eigenvalue weighted by atomic mass is 79.9. The molecular weight excluding hydrogens is 204 g/mol. The van der Waals surface area contributed by atoms with Gasteiger partial charge in [-0.25, -0.2) is 0 Å². The highest BCUT2D eigenvalue weighted by molar-refractivity contribution is 9.09. The first-order valence-corrected chi connectivity index (χ1v) is 5.44. The molecule has 0 spiro atoms. The molecule has 0 amide bonds. The van der Waals surface area contributed by atoms with Gasteiger partial charge in [-0.2, -0.15) is 0 Å². The van der Waals surface area contributed by atoms with Crippen molar-refractivity contribution in [1.82, 2.24) is 0 Å². The van der Waals surface area contributed by atoms with Crippen molar-refractivity contribution in [1.29, 1.82) is 0 Å². The van der Waals surface area contributed by atoms with Crippen molar-refractivity contribution in [2.24, 2.45) is 0 Å². The Kier molecular flexibility index (Phi) is 8.88. The summed E-state index contributed by atoms with van der Waals surface area (Å²) in [7, 11) is 0. The fraction of sp³-hybridized carbons (Fsp3) is 1.00. The van der Waals surface area contributed by atoms with Gasteiger partial charge in [0.05, 0.1) is 0 Å². The van der Waals surface area contributed by atoms with E-state index in [4.69, 9.17) is 4.74 Å². The van der Waals surface area contributed by atoms with Gasteiger partial charge in [0.25, 0.3) is 0 Å². The van der Waals surface area contributed by atoms with Crippen molar-refractivity contribution in [3.8, 4) is 0 Å². The first kappa shape index (κ1) is 11.4. The molecule has 0 radical (unpaired) electrons. The quantitative estimate of drug-likeness (QED) is 0.475. The number of alkyl halides is 1. The Morgan fingerprint density at radius 3 is 2.55 bits per heavy atom. The zero-order valence-corrected chi connectivity index (χ0v) is 9.19. The molecule has 11 heavy (non-hydrogen) atoms. The number of ether oxygens (including phenoxy) is 1. The molecule has 1 atom stereocenters. The monoisotopic (exact) mass is 222 g/mol. The van der Waals surface area contributed by atoms with Gasteiger partial charge >= 0.3 is 0 Å². The van der Waals surface area contributed by atoms with Crippen LogP contribution in [0.15, 0.2) is 0 Å². The highest BCUT2D eigenvalue weighted by Gasteiger charge is 2.00. The second-order valence-corrected chi connectivity index (χ2v) is 4.02. The Balaban J connectivity index is 2.97. The maximum atomic E-state index is 5.24. The fourth-order valence-corrected chi connectivity index (χ4v) is 1.79. The van der Waals surface area contributed by atoms with Gasteiger partial charge in [0.2, 0.25) is 0 Å². The van der Waals surface area contributed by atoms with E-state index in [1.54, 1.807) is 0 Å². The van der Waals surface area contributed by atoms with E-state index in [9.17, 15) is 0 Å². The average Bonchev–Trinajstić information content (AvgIpc) is 1.99. The zero-order valence-electron chi connectivity index (χ0n) is 7.61. The van der Waals surface area contributed by atoms with Crippen molar-refractivity contribution in [2.75, 3.05) is 13.2 Å². The lowest BCUT2D eigenvalue weighted by molar-refractivity contribution is 0.143. The molecule has 0 aromatic rings. The molecule has 0 aliphatic carbocycles. The van der Waals surface area contributed by atoms with Crippen molar-refractivity contribution >= 4 is 15.9 Å².